The number of rotatable bonds is 7. The minimum Gasteiger partial charge on any atom is -0.354 e. The van der Waals surface area contributed by atoms with Gasteiger partial charge in [-0.05, 0) is 37.7 Å². The first kappa shape index (κ1) is 18.8. The van der Waals surface area contributed by atoms with Crippen LogP contribution >= 0.6 is 40.1 Å². The van der Waals surface area contributed by atoms with Crippen LogP contribution in [0, 0.1) is 0 Å². The molecule has 0 bridgehead atoms. The number of likely N-dealkylation sites (N-methyl/N-ethyl adjacent to an activating group) is 1. The summed E-state index contributed by atoms with van der Waals surface area (Å²) in [7, 11) is 0. The van der Waals surface area contributed by atoms with Crippen molar-refractivity contribution in [1.82, 2.24) is 10.6 Å². The molecule has 2 N–H and O–H groups in total. The van der Waals surface area contributed by atoms with Gasteiger partial charge in [-0.25, -0.2) is 0 Å². The molecule has 0 aliphatic rings. The molecule has 1 aromatic rings. The summed E-state index contributed by atoms with van der Waals surface area (Å²) in [6.45, 7) is 6.40. The van der Waals surface area contributed by atoms with Gasteiger partial charge in [-0.1, -0.05) is 22.9 Å². The largest absolute Gasteiger partial charge is 0.354 e. The smallest absolute Gasteiger partial charge is 0.233 e. The average Bonchev–Trinajstić information content (AvgIpc) is 2.37. The van der Waals surface area contributed by atoms with Gasteiger partial charge in [0.1, 0.15) is 0 Å². The van der Waals surface area contributed by atoms with Crippen molar-refractivity contribution in [2.24, 2.45) is 0 Å². The van der Waals surface area contributed by atoms with E-state index in [4.69, 9.17) is 0 Å². The quantitative estimate of drug-likeness (QED) is 0.575. The molecule has 0 spiro atoms. The van der Waals surface area contributed by atoms with Crippen LogP contribution in [0.15, 0.2) is 33.6 Å². The predicted molar refractivity (Wildman–Crippen MR) is 88.3 cm³/mol. The van der Waals surface area contributed by atoms with E-state index in [9.17, 15) is 4.79 Å². The number of hydrogen-bond donors (Lipinski definition) is 2. The maximum atomic E-state index is 11.8. The normalized spacial score (nSPS) is 11.5. The lowest BCUT2D eigenvalue weighted by Gasteiger charge is -2.12. The number of carbonyl (C=O) groups is 1. The minimum absolute atomic E-state index is 0. The highest BCUT2D eigenvalue weighted by Crippen LogP contribution is 2.24. The van der Waals surface area contributed by atoms with Crippen LogP contribution in [0.25, 0.3) is 0 Å². The van der Waals surface area contributed by atoms with Crippen molar-refractivity contribution in [3.8, 4) is 0 Å². The minimum atomic E-state index is -0.0761. The molecule has 0 saturated heterocycles. The first-order chi connectivity index (χ1) is 8.63. The maximum absolute atomic E-state index is 11.8. The Morgan fingerprint density at radius 2 is 1.95 bits per heavy atom. The summed E-state index contributed by atoms with van der Waals surface area (Å²) < 4.78 is 1.05. The van der Waals surface area contributed by atoms with Gasteiger partial charge in [0.05, 0.1) is 5.25 Å². The number of hydrogen-bond acceptors (Lipinski definition) is 3. The van der Waals surface area contributed by atoms with Crippen molar-refractivity contribution < 1.29 is 4.79 Å². The van der Waals surface area contributed by atoms with Crippen LogP contribution in [0.1, 0.15) is 13.8 Å². The number of halogens is 2. The van der Waals surface area contributed by atoms with E-state index < -0.39 is 0 Å². The van der Waals surface area contributed by atoms with Gasteiger partial charge in [0.2, 0.25) is 5.91 Å². The zero-order chi connectivity index (χ0) is 13.4. The molecule has 0 fully saturated rings. The van der Waals surface area contributed by atoms with Crippen molar-refractivity contribution in [2.45, 2.75) is 24.0 Å². The SMILES string of the molecule is CCNCCNC(=O)C(C)Sc1ccc(Br)cc1.Cl. The van der Waals surface area contributed by atoms with E-state index in [1.165, 1.54) is 0 Å². The Hall–Kier alpha value is -0.230. The van der Waals surface area contributed by atoms with Crippen molar-refractivity contribution >= 4 is 46.0 Å². The summed E-state index contributed by atoms with van der Waals surface area (Å²) >= 11 is 4.96. The molecular formula is C13H20BrClN2OS. The second kappa shape index (κ2) is 10.5. The van der Waals surface area contributed by atoms with Crippen molar-refractivity contribution in [3.05, 3.63) is 28.7 Å². The third-order valence-electron chi connectivity index (χ3n) is 2.35. The van der Waals surface area contributed by atoms with E-state index >= 15 is 0 Å². The number of carbonyl (C=O) groups excluding carboxylic acids is 1. The summed E-state index contributed by atoms with van der Waals surface area (Å²) in [5.41, 5.74) is 0. The van der Waals surface area contributed by atoms with E-state index in [1.54, 1.807) is 11.8 Å². The van der Waals surface area contributed by atoms with E-state index in [0.29, 0.717) is 6.54 Å². The zero-order valence-corrected chi connectivity index (χ0v) is 14.3. The first-order valence-electron chi connectivity index (χ1n) is 6.04. The predicted octanol–water partition coefficient (Wildman–Crippen LogP) is 3.08. The fourth-order valence-corrected chi connectivity index (χ4v) is 2.52. The van der Waals surface area contributed by atoms with Crippen LogP contribution in [0.2, 0.25) is 0 Å². The summed E-state index contributed by atoms with van der Waals surface area (Å²) in [5.74, 6) is 0.0841. The van der Waals surface area contributed by atoms with Gasteiger partial charge in [0.15, 0.2) is 0 Å². The highest BCUT2D eigenvalue weighted by Gasteiger charge is 2.13. The van der Waals surface area contributed by atoms with Crippen LogP contribution in [-0.2, 0) is 4.79 Å². The number of nitrogens with one attached hydrogen (secondary N) is 2. The summed E-state index contributed by atoms with van der Waals surface area (Å²) in [6.07, 6.45) is 0. The molecule has 1 atom stereocenters. The number of benzene rings is 1. The lowest BCUT2D eigenvalue weighted by Crippen LogP contribution is -2.36. The van der Waals surface area contributed by atoms with E-state index in [0.717, 1.165) is 22.5 Å². The standard InChI is InChI=1S/C13H19BrN2OS.ClH/c1-3-15-8-9-16-13(17)10(2)18-12-6-4-11(14)5-7-12;/h4-7,10,15H,3,8-9H2,1-2H3,(H,16,17);1H. The summed E-state index contributed by atoms with van der Waals surface area (Å²) in [6, 6.07) is 7.99. The molecule has 19 heavy (non-hydrogen) atoms. The van der Waals surface area contributed by atoms with Gasteiger partial charge in [-0.15, -0.1) is 24.2 Å². The second-order valence-corrected chi connectivity index (χ2v) is 6.19. The molecule has 0 saturated carbocycles. The third-order valence-corrected chi connectivity index (χ3v) is 3.99. The maximum Gasteiger partial charge on any atom is 0.233 e. The Kier molecular flexibility index (Phi) is 10.4. The van der Waals surface area contributed by atoms with Gasteiger partial charge in [-0.3, -0.25) is 4.79 Å². The number of thioether (sulfide) groups is 1. The Morgan fingerprint density at radius 1 is 1.32 bits per heavy atom. The Morgan fingerprint density at radius 3 is 2.53 bits per heavy atom. The second-order valence-electron chi connectivity index (χ2n) is 3.86. The lowest BCUT2D eigenvalue weighted by atomic mass is 10.4. The molecule has 3 nitrogen and oxygen atoms in total. The molecule has 0 heterocycles. The van der Waals surface area contributed by atoms with Crippen LogP contribution in [-0.4, -0.2) is 30.8 Å². The molecule has 1 amide bonds. The summed E-state index contributed by atoms with van der Waals surface area (Å²) in [5, 5.41) is 6.01. The monoisotopic (exact) mass is 366 g/mol. The summed E-state index contributed by atoms with van der Waals surface area (Å²) in [4.78, 5) is 12.9. The molecule has 1 rings (SSSR count). The highest BCUT2D eigenvalue weighted by molar-refractivity contribution is 9.10. The van der Waals surface area contributed by atoms with E-state index in [2.05, 4.69) is 26.6 Å². The molecule has 1 aromatic carbocycles. The van der Waals surface area contributed by atoms with Gasteiger partial charge in [0.25, 0.3) is 0 Å². The Bertz CT molecular complexity index is 375. The molecule has 0 aromatic heterocycles. The van der Waals surface area contributed by atoms with E-state index in [1.807, 2.05) is 38.1 Å². The van der Waals surface area contributed by atoms with Crippen molar-refractivity contribution in [2.75, 3.05) is 19.6 Å². The third kappa shape index (κ3) is 7.82. The highest BCUT2D eigenvalue weighted by atomic mass is 79.9. The average molecular weight is 368 g/mol. The fourth-order valence-electron chi connectivity index (χ4n) is 1.37. The molecule has 0 aliphatic carbocycles. The van der Waals surface area contributed by atoms with Crippen LogP contribution < -0.4 is 10.6 Å². The lowest BCUT2D eigenvalue weighted by molar-refractivity contribution is -0.120. The van der Waals surface area contributed by atoms with Crippen LogP contribution in [0.4, 0.5) is 0 Å². The van der Waals surface area contributed by atoms with Crippen molar-refractivity contribution in [1.29, 1.82) is 0 Å². The zero-order valence-electron chi connectivity index (χ0n) is 11.1. The van der Waals surface area contributed by atoms with Gasteiger partial charge < -0.3 is 10.6 Å². The molecular weight excluding hydrogens is 348 g/mol. The molecule has 1 unspecified atom stereocenters. The van der Waals surface area contributed by atoms with Crippen LogP contribution in [0.3, 0.4) is 0 Å². The molecule has 108 valence electrons. The topological polar surface area (TPSA) is 41.1 Å². The Labute approximate surface area is 133 Å². The van der Waals surface area contributed by atoms with Gasteiger partial charge >= 0.3 is 0 Å². The number of amides is 1. The molecule has 6 heteroatoms. The van der Waals surface area contributed by atoms with Crippen LogP contribution in [0.5, 0.6) is 0 Å². The van der Waals surface area contributed by atoms with Gasteiger partial charge in [0, 0.05) is 22.5 Å². The van der Waals surface area contributed by atoms with Gasteiger partial charge in [-0.2, -0.15) is 0 Å². The molecule has 0 aliphatic heterocycles. The molecule has 0 radical (unpaired) electrons. The Balaban J connectivity index is 0.00000324. The fraction of sp³-hybridized carbons (Fsp3) is 0.462. The van der Waals surface area contributed by atoms with Crippen molar-refractivity contribution in [3.63, 3.8) is 0 Å². The first-order valence-corrected chi connectivity index (χ1v) is 7.71. The van der Waals surface area contributed by atoms with E-state index in [-0.39, 0.29) is 23.6 Å².